The van der Waals surface area contributed by atoms with Crippen LogP contribution < -0.4 is 14.5 Å². The van der Waals surface area contributed by atoms with Crippen molar-refractivity contribution < 1.29 is 4.74 Å². The summed E-state index contributed by atoms with van der Waals surface area (Å²) in [5.74, 6) is 0.881. The third-order valence-electron chi connectivity index (χ3n) is 8.70. The molecule has 224 valence electrons. The van der Waals surface area contributed by atoms with E-state index in [0.29, 0.717) is 0 Å². The average Bonchev–Trinajstić information content (AvgIpc) is 3.03. The quantitative estimate of drug-likeness (QED) is 0.180. The van der Waals surface area contributed by atoms with Gasteiger partial charge in [-0.2, -0.15) is 0 Å². The first-order chi connectivity index (χ1) is 21.6. The summed E-state index contributed by atoms with van der Waals surface area (Å²) in [6.07, 6.45) is 0. The van der Waals surface area contributed by atoms with E-state index in [-0.39, 0.29) is 5.60 Å². The lowest BCUT2D eigenvalue weighted by molar-refractivity contribution is 0.131. The molecule has 0 N–H and O–H groups in total. The Labute approximate surface area is 266 Å². The molecular formula is C42H40N2O. The van der Waals surface area contributed by atoms with Gasteiger partial charge in [-0.15, -0.1) is 0 Å². The lowest BCUT2D eigenvalue weighted by Gasteiger charge is -2.22. The summed E-state index contributed by atoms with van der Waals surface area (Å²) >= 11 is 0. The van der Waals surface area contributed by atoms with E-state index >= 15 is 0 Å². The lowest BCUT2D eigenvalue weighted by atomic mass is 9.84. The molecule has 0 amide bonds. The minimum absolute atomic E-state index is 0.249. The number of nitrogens with zero attached hydrogens (tertiary/aromatic N) is 2. The van der Waals surface area contributed by atoms with Gasteiger partial charge in [0.2, 0.25) is 0 Å². The standard InChI is InChI=1S/C42H40N2O/c1-42(2,3)45-36-21-14-29(15-22-36)40-37-23-16-31-25-33(27-10-17-34(18-11-27)43(4)5)24-30-8-9-32(41(37)39(30)31)26-38(40)28-12-19-35(20-13-28)44(6)7/h8-26H,1-7H3. The molecule has 0 aliphatic rings. The van der Waals surface area contributed by atoms with Crippen molar-refractivity contribution >= 4 is 43.7 Å². The second-order valence-corrected chi connectivity index (χ2v) is 13.5. The molecule has 0 saturated carbocycles. The van der Waals surface area contributed by atoms with Crippen molar-refractivity contribution in [3.8, 4) is 39.1 Å². The van der Waals surface area contributed by atoms with Gasteiger partial charge in [-0.3, -0.25) is 0 Å². The van der Waals surface area contributed by atoms with E-state index < -0.39 is 0 Å². The van der Waals surface area contributed by atoms with Gasteiger partial charge in [0.1, 0.15) is 11.4 Å². The van der Waals surface area contributed by atoms with E-state index in [9.17, 15) is 0 Å². The second kappa shape index (κ2) is 10.9. The molecule has 3 heteroatoms. The van der Waals surface area contributed by atoms with Crippen LogP contribution in [0.4, 0.5) is 11.4 Å². The van der Waals surface area contributed by atoms with Crippen LogP contribution in [0.3, 0.4) is 0 Å². The molecule has 0 atom stereocenters. The Morgan fingerprint density at radius 2 is 0.956 bits per heavy atom. The molecule has 7 aromatic rings. The van der Waals surface area contributed by atoms with E-state index in [0.717, 1.165) is 5.75 Å². The van der Waals surface area contributed by atoms with E-state index in [2.05, 4.69) is 174 Å². The topological polar surface area (TPSA) is 15.7 Å². The molecule has 0 spiro atoms. The first-order valence-corrected chi connectivity index (χ1v) is 15.7. The highest BCUT2D eigenvalue weighted by Crippen LogP contribution is 2.46. The third-order valence-corrected chi connectivity index (χ3v) is 8.70. The molecular weight excluding hydrogens is 548 g/mol. The van der Waals surface area contributed by atoms with Gasteiger partial charge in [-0.25, -0.2) is 0 Å². The lowest BCUT2D eigenvalue weighted by Crippen LogP contribution is -2.22. The number of rotatable bonds is 6. The van der Waals surface area contributed by atoms with Crippen molar-refractivity contribution in [2.24, 2.45) is 0 Å². The number of hydrogen-bond donors (Lipinski definition) is 0. The number of benzene rings is 7. The zero-order chi connectivity index (χ0) is 31.5. The molecule has 0 fully saturated rings. The Hall–Kier alpha value is -5.02. The second-order valence-electron chi connectivity index (χ2n) is 13.5. The molecule has 0 heterocycles. The first-order valence-electron chi connectivity index (χ1n) is 15.7. The Morgan fingerprint density at radius 3 is 1.49 bits per heavy atom. The van der Waals surface area contributed by atoms with Gasteiger partial charge in [-0.05, 0) is 141 Å². The molecule has 0 saturated heterocycles. The monoisotopic (exact) mass is 588 g/mol. The molecule has 0 aliphatic heterocycles. The van der Waals surface area contributed by atoms with Crippen LogP contribution in [0.25, 0.3) is 65.7 Å². The average molecular weight is 589 g/mol. The predicted molar refractivity (Wildman–Crippen MR) is 195 cm³/mol. The zero-order valence-electron chi connectivity index (χ0n) is 27.3. The minimum atomic E-state index is -0.249. The van der Waals surface area contributed by atoms with Crippen LogP contribution >= 0.6 is 0 Å². The molecule has 3 nitrogen and oxygen atoms in total. The largest absolute Gasteiger partial charge is 0.488 e. The molecule has 0 aromatic heterocycles. The number of anilines is 2. The highest BCUT2D eigenvalue weighted by Gasteiger charge is 2.19. The minimum Gasteiger partial charge on any atom is -0.488 e. The van der Waals surface area contributed by atoms with Crippen molar-refractivity contribution in [2.45, 2.75) is 26.4 Å². The van der Waals surface area contributed by atoms with Gasteiger partial charge >= 0.3 is 0 Å². The predicted octanol–water partition coefficient (Wildman–Crippen LogP) is 10.9. The van der Waals surface area contributed by atoms with Crippen LogP contribution in [0.15, 0.2) is 115 Å². The van der Waals surface area contributed by atoms with Crippen LogP contribution in [0.2, 0.25) is 0 Å². The summed E-state index contributed by atoms with van der Waals surface area (Å²) in [4.78, 5) is 4.28. The molecule has 7 aromatic carbocycles. The summed E-state index contributed by atoms with van der Waals surface area (Å²) in [5, 5.41) is 7.69. The van der Waals surface area contributed by atoms with Crippen LogP contribution in [0, 0.1) is 0 Å². The van der Waals surface area contributed by atoms with E-state index in [1.807, 2.05) is 0 Å². The van der Waals surface area contributed by atoms with Crippen molar-refractivity contribution in [3.05, 3.63) is 115 Å². The van der Waals surface area contributed by atoms with Crippen LogP contribution in [0.1, 0.15) is 20.8 Å². The summed E-state index contributed by atoms with van der Waals surface area (Å²) in [6, 6.07) is 42.6. The first kappa shape index (κ1) is 28.7. The van der Waals surface area contributed by atoms with Crippen LogP contribution in [-0.4, -0.2) is 33.8 Å². The number of ether oxygens (including phenoxy) is 1. The highest BCUT2D eigenvalue weighted by atomic mass is 16.5. The van der Waals surface area contributed by atoms with Gasteiger partial charge in [0, 0.05) is 39.6 Å². The summed E-state index contributed by atoms with van der Waals surface area (Å²) < 4.78 is 6.18. The van der Waals surface area contributed by atoms with Gasteiger partial charge in [0.25, 0.3) is 0 Å². The fourth-order valence-corrected chi connectivity index (χ4v) is 6.53. The molecule has 45 heavy (non-hydrogen) atoms. The summed E-state index contributed by atoms with van der Waals surface area (Å²) in [6.45, 7) is 6.25. The maximum atomic E-state index is 6.18. The number of hydrogen-bond acceptors (Lipinski definition) is 3. The van der Waals surface area contributed by atoms with Gasteiger partial charge < -0.3 is 14.5 Å². The van der Waals surface area contributed by atoms with E-state index in [1.54, 1.807) is 0 Å². The van der Waals surface area contributed by atoms with Gasteiger partial charge in [0.15, 0.2) is 0 Å². The Balaban J connectivity index is 1.45. The molecule has 0 unspecified atom stereocenters. The fraction of sp³-hybridized carbons (Fsp3) is 0.190. The molecule has 7 rings (SSSR count). The Bertz CT molecular complexity index is 2110. The van der Waals surface area contributed by atoms with Crippen molar-refractivity contribution in [1.29, 1.82) is 0 Å². The van der Waals surface area contributed by atoms with Crippen molar-refractivity contribution in [3.63, 3.8) is 0 Å². The van der Waals surface area contributed by atoms with E-state index in [1.165, 1.54) is 77.1 Å². The van der Waals surface area contributed by atoms with Gasteiger partial charge in [0.05, 0.1) is 0 Å². The fourth-order valence-electron chi connectivity index (χ4n) is 6.53. The summed E-state index contributed by atoms with van der Waals surface area (Å²) in [7, 11) is 8.32. The maximum absolute atomic E-state index is 6.18. The van der Waals surface area contributed by atoms with Gasteiger partial charge in [-0.1, -0.05) is 60.7 Å². The molecule has 0 bridgehead atoms. The van der Waals surface area contributed by atoms with Crippen LogP contribution in [0.5, 0.6) is 5.75 Å². The SMILES string of the molecule is CN(C)c1ccc(-c2cc3ccc4cc(-c5ccc(N(C)C)cc5)c(-c5ccc(OC(C)(C)C)cc5)c5ccc(c2)c3c45)cc1. The smallest absolute Gasteiger partial charge is 0.120 e. The van der Waals surface area contributed by atoms with Crippen LogP contribution in [-0.2, 0) is 0 Å². The molecule has 0 radical (unpaired) electrons. The summed E-state index contributed by atoms with van der Waals surface area (Å²) in [5.41, 5.74) is 9.49. The molecule has 0 aliphatic carbocycles. The Morgan fingerprint density at radius 1 is 0.467 bits per heavy atom. The van der Waals surface area contributed by atoms with Crippen molar-refractivity contribution in [2.75, 3.05) is 38.0 Å². The Kier molecular flexibility index (Phi) is 6.93. The van der Waals surface area contributed by atoms with E-state index in [4.69, 9.17) is 4.74 Å². The maximum Gasteiger partial charge on any atom is 0.120 e. The normalized spacial score (nSPS) is 11.9. The zero-order valence-corrected chi connectivity index (χ0v) is 27.3. The highest BCUT2D eigenvalue weighted by molar-refractivity contribution is 6.27. The third kappa shape index (κ3) is 5.33. The van der Waals surface area contributed by atoms with Crippen molar-refractivity contribution in [1.82, 2.24) is 0 Å².